The molecular formula is C18H18N2O. The number of ether oxygens (including phenoxy) is 1. The van der Waals surface area contributed by atoms with E-state index in [1.54, 1.807) is 0 Å². The highest BCUT2D eigenvalue weighted by molar-refractivity contribution is 5.73. The first-order chi connectivity index (χ1) is 10.3. The Bertz CT molecular complexity index is 671. The van der Waals surface area contributed by atoms with Gasteiger partial charge in [0.2, 0.25) is 0 Å². The van der Waals surface area contributed by atoms with Crippen molar-refractivity contribution >= 4 is 0 Å². The van der Waals surface area contributed by atoms with Crippen molar-refractivity contribution in [1.82, 2.24) is 5.32 Å². The molecule has 3 rings (SSSR count). The molecule has 0 aliphatic carbocycles. The summed E-state index contributed by atoms with van der Waals surface area (Å²) in [6.07, 6.45) is 1.05. The van der Waals surface area contributed by atoms with Crippen molar-refractivity contribution in [3.05, 3.63) is 53.6 Å². The molecule has 0 saturated heterocycles. The van der Waals surface area contributed by atoms with Crippen LogP contribution in [0.4, 0.5) is 0 Å². The molecule has 3 nitrogen and oxygen atoms in total. The number of hydrogen-bond donors (Lipinski definition) is 1. The lowest BCUT2D eigenvalue weighted by atomic mass is 9.89. The van der Waals surface area contributed by atoms with E-state index < -0.39 is 0 Å². The molecule has 0 unspecified atom stereocenters. The van der Waals surface area contributed by atoms with Crippen molar-refractivity contribution in [3.8, 4) is 22.9 Å². The summed E-state index contributed by atoms with van der Waals surface area (Å²) in [5, 5.41) is 12.2. The lowest BCUT2D eigenvalue weighted by Crippen LogP contribution is -2.23. The van der Waals surface area contributed by atoms with Crippen LogP contribution in [0.15, 0.2) is 42.5 Å². The molecule has 106 valence electrons. The van der Waals surface area contributed by atoms with Crippen LogP contribution < -0.4 is 10.1 Å². The van der Waals surface area contributed by atoms with Crippen molar-refractivity contribution in [2.75, 3.05) is 20.2 Å². The van der Waals surface area contributed by atoms with Gasteiger partial charge in [-0.15, -0.1) is 0 Å². The van der Waals surface area contributed by atoms with E-state index in [1.165, 1.54) is 5.56 Å². The zero-order valence-corrected chi connectivity index (χ0v) is 12.1. The molecule has 0 radical (unpaired) electrons. The summed E-state index contributed by atoms with van der Waals surface area (Å²) in [6.45, 7) is 1.72. The Hall–Kier alpha value is -2.31. The maximum Gasteiger partial charge on any atom is 0.130 e. The van der Waals surface area contributed by atoms with E-state index in [9.17, 15) is 0 Å². The maximum atomic E-state index is 8.90. The molecule has 21 heavy (non-hydrogen) atoms. The molecule has 0 fully saturated rings. The van der Waals surface area contributed by atoms with Crippen LogP contribution in [0.2, 0.25) is 0 Å². The highest BCUT2D eigenvalue weighted by atomic mass is 16.5. The second-order valence-corrected chi connectivity index (χ2v) is 5.30. The van der Waals surface area contributed by atoms with Crippen molar-refractivity contribution in [2.45, 2.75) is 12.3 Å². The monoisotopic (exact) mass is 278 g/mol. The molecule has 1 N–H and O–H groups in total. The van der Waals surface area contributed by atoms with Gasteiger partial charge in [-0.05, 0) is 36.7 Å². The van der Waals surface area contributed by atoms with Crippen LogP contribution in [-0.4, -0.2) is 20.2 Å². The normalized spacial score (nSPS) is 16.7. The van der Waals surface area contributed by atoms with Crippen molar-refractivity contribution < 1.29 is 4.74 Å². The summed E-state index contributed by atoms with van der Waals surface area (Å²) in [4.78, 5) is 0. The van der Waals surface area contributed by atoms with Crippen molar-refractivity contribution in [1.29, 1.82) is 5.26 Å². The number of hydrogen-bond acceptors (Lipinski definition) is 3. The van der Waals surface area contributed by atoms with Crippen molar-refractivity contribution in [2.24, 2.45) is 0 Å². The zero-order valence-electron chi connectivity index (χ0n) is 12.1. The molecule has 0 spiro atoms. The maximum absolute atomic E-state index is 8.90. The standard InChI is InChI=1S/C18H18N2O/c1-20-12-15-9-10-21-18-16(3-2-4-17(15)18)14-7-5-13(11-19)6-8-14/h2-8,15,20H,9-10,12H2,1H3/t15-/m0/s1. The topological polar surface area (TPSA) is 45.0 Å². The lowest BCUT2D eigenvalue weighted by molar-refractivity contribution is 0.267. The number of nitrogens with one attached hydrogen (secondary N) is 1. The minimum absolute atomic E-state index is 0.497. The van der Waals surface area contributed by atoms with E-state index in [4.69, 9.17) is 10.00 Å². The molecular weight excluding hydrogens is 260 g/mol. The van der Waals surface area contributed by atoms with Gasteiger partial charge in [-0.1, -0.05) is 30.3 Å². The molecule has 1 aliphatic heterocycles. The average molecular weight is 278 g/mol. The van der Waals surface area contributed by atoms with Crippen molar-refractivity contribution in [3.63, 3.8) is 0 Å². The van der Waals surface area contributed by atoms with Crippen LogP contribution in [0.5, 0.6) is 5.75 Å². The third-order valence-corrected chi connectivity index (χ3v) is 3.97. The summed E-state index contributed by atoms with van der Waals surface area (Å²) in [5.74, 6) is 1.49. The summed E-state index contributed by atoms with van der Waals surface area (Å²) < 4.78 is 5.95. The lowest BCUT2D eigenvalue weighted by Gasteiger charge is -2.27. The summed E-state index contributed by atoms with van der Waals surface area (Å²) in [7, 11) is 1.99. The molecule has 1 atom stereocenters. The van der Waals surface area contributed by atoms with Gasteiger partial charge in [-0.25, -0.2) is 0 Å². The Morgan fingerprint density at radius 3 is 2.76 bits per heavy atom. The third kappa shape index (κ3) is 2.63. The van der Waals surface area contributed by atoms with E-state index in [-0.39, 0.29) is 0 Å². The number of nitrogens with zero attached hydrogens (tertiary/aromatic N) is 1. The van der Waals surface area contributed by atoms with Gasteiger partial charge in [0.15, 0.2) is 0 Å². The summed E-state index contributed by atoms with van der Waals surface area (Å²) in [5.41, 5.74) is 4.16. The van der Waals surface area contributed by atoms with Gasteiger partial charge in [0.1, 0.15) is 5.75 Å². The van der Waals surface area contributed by atoms with Gasteiger partial charge in [0.05, 0.1) is 18.2 Å². The van der Waals surface area contributed by atoms with E-state index >= 15 is 0 Å². The molecule has 2 aromatic rings. The highest BCUT2D eigenvalue weighted by Gasteiger charge is 2.23. The summed E-state index contributed by atoms with van der Waals surface area (Å²) >= 11 is 0. The molecule has 3 heteroatoms. The minimum Gasteiger partial charge on any atom is -0.493 e. The van der Waals surface area contributed by atoms with Gasteiger partial charge in [-0.3, -0.25) is 0 Å². The second kappa shape index (κ2) is 5.99. The minimum atomic E-state index is 0.497. The Labute approximate surface area is 125 Å². The van der Waals surface area contributed by atoms with E-state index in [0.29, 0.717) is 11.5 Å². The molecule has 0 aromatic heterocycles. The fourth-order valence-corrected chi connectivity index (χ4v) is 2.91. The van der Waals surface area contributed by atoms with Gasteiger partial charge in [0.25, 0.3) is 0 Å². The number of fused-ring (bicyclic) bond motifs is 1. The predicted octanol–water partition coefficient (Wildman–Crippen LogP) is 3.31. The molecule has 1 heterocycles. The number of para-hydroxylation sites is 1. The Kier molecular flexibility index (Phi) is 3.89. The molecule has 0 saturated carbocycles. The first-order valence-electron chi connectivity index (χ1n) is 7.24. The Balaban J connectivity index is 2.03. The second-order valence-electron chi connectivity index (χ2n) is 5.30. The van der Waals surface area contributed by atoms with Gasteiger partial charge < -0.3 is 10.1 Å². The zero-order chi connectivity index (χ0) is 14.7. The van der Waals surface area contributed by atoms with Crippen LogP contribution in [0.3, 0.4) is 0 Å². The van der Waals surface area contributed by atoms with Gasteiger partial charge in [0, 0.05) is 18.0 Å². The van der Waals surface area contributed by atoms with Crippen LogP contribution in [-0.2, 0) is 0 Å². The smallest absolute Gasteiger partial charge is 0.130 e. The molecule has 1 aliphatic rings. The van der Waals surface area contributed by atoms with E-state index in [1.807, 2.05) is 31.3 Å². The number of rotatable bonds is 3. The first-order valence-corrected chi connectivity index (χ1v) is 7.24. The number of likely N-dealkylation sites (N-methyl/N-ethyl adjacent to an activating group) is 1. The van der Waals surface area contributed by atoms with E-state index in [2.05, 4.69) is 29.6 Å². The quantitative estimate of drug-likeness (QED) is 0.936. The molecule has 2 aromatic carbocycles. The third-order valence-electron chi connectivity index (χ3n) is 3.97. The van der Waals surface area contributed by atoms with Gasteiger partial charge >= 0.3 is 0 Å². The highest BCUT2D eigenvalue weighted by Crippen LogP contribution is 2.40. The predicted molar refractivity (Wildman–Crippen MR) is 83.4 cm³/mol. The first kappa shape index (κ1) is 13.7. The van der Waals surface area contributed by atoms with Crippen LogP contribution in [0, 0.1) is 11.3 Å². The van der Waals surface area contributed by atoms with Crippen LogP contribution in [0.1, 0.15) is 23.5 Å². The number of nitriles is 1. The van der Waals surface area contributed by atoms with Crippen LogP contribution >= 0.6 is 0 Å². The SMILES string of the molecule is CNC[C@@H]1CCOc2c(-c3ccc(C#N)cc3)cccc21. The Morgan fingerprint density at radius 1 is 1.24 bits per heavy atom. The fourth-order valence-electron chi connectivity index (χ4n) is 2.91. The molecule has 0 bridgehead atoms. The largest absolute Gasteiger partial charge is 0.493 e. The summed E-state index contributed by atoms with van der Waals surface area (Å²) in [6, 6.07) is 16.2. The van der Waals surface area contributed by atoms with E-state index in [0.717, 1.165) is 36.4 Å². The average Bonchev–Trinajstić information content (AvgIpc) is 2.55. The molecule has 0 amide bonds. The van der Waals surface area contributed by atoms with Crippen LogP contribution in [0.25, 0.3) is 11.1 Å². The van der Waals surface area contributed by atoms with Gasteiger partial charge in [-0.2, -0.15) is 5.26 Å². The Morgan fingerprint density at radius 2 is 2.05 bits per heavy atom. The fraction of sp³-hybridized carbons (Fsp3) is 0.278. The number of benzene rings is 2.